The van der Waals surface area contributed by atoms with E-state index in [0.29, 0.717) is 12.2 Å². The summed E-state index contributed by atoms with van der Waals surface area (Å²) in [7, 11) is 1.75. The number of hydrogen-bond acceptors (Lipinski definition) is 4. The van der Waals surface area contributed by atoms with Crippen LogP contribution in [-0.2, 0) is 15.9 Å². The smallest absolute Gasteiger partial charge is 0.338 e. The lowest BCUT2D eigenvalue weighted by Gasteiger charge is -2.24. The van der Waals surface area contributed by atoms with Gasteiger partial charge in [0.1, 0.15) is 19.0 Å². The molecular formula is C20H22O4. The second kappa shape index (κ2) is 7.97. The van der Waals surface area contributed by atoms with Crippen molar-refractivity contribution in [3.05, 3.63) is 65.2 Å². The average Bonchev–Trinajstić information content (AvgIpc) is 2.65. The number of esters is 1. The monoisotopic (exact) mass is 326 g/mol. The Morgan fingerprint density at radius 3 is 2.75 bits per heavy atom. The second-order valence-corrected chi connectivity index (χ2v) is 5.83. The highest BCUT2D eigenvalue weighted by atomic mass is 16.6. The Morgan fingerprint density at radius 1 is 1.12 bits per heavy atom. The van der Waals surface area contributed by atoms with Crippen molar-refractivity contribution in [1.29, 1.82) is 0 Å². The zero-order valence-corrected chi connectivity index (χ0v) is 13.9. The van der Waals surface area contributed by atoms with E-state index >= 15 is 0 Å². The molecule has 4 nitrogen and oxygen atoms in total. The molecule has 1 aliphatic carbocycles. The van der Waals surface area contributed by atoms with Gasteiger partial charge in [-0.3, -0.25) is 0 Å². The first-order valence-corrected chi connectivity index (χ1v) is 8.28. The molecule has 2 aromatic carbocycles. The SMILES string of the molecule is COC1CCCc2ccc(OCCOC(=O)c3ccccc3)cc21. The zero-order valence-electron chi connectivity index (χ0n) is 13.9. The molecule has 4 heteroatoms. The summed E-state index contributed by atoms with van der Waals surface area (Å²) in [6.45, 7) is 0.549. The van der Waals surface area contributed by atoms with Crippen molar-refractivity contribution < 1.29 is 19.0 Å². The van der Waals surface area contributed by atoms with Crippen LogP contribution in [0, 0.1) is 0 Å². The predicted octanol–water partition coefficient (Wildman–Crippen LogP) is 3.95. The van der Waals surface area contributed by atoms with Crippen molar-refractivity contribution in [3.8, 4) is 5.75 Å². The van der Waals surface area contributed by atoms with Gasteiger partial charge >= 0.3 is 5.97 Å². The van der Waals surface area contributed by atoms with Gasteiger partial charge in [0.2, 0.25) is 0 Å². The highest BCUT2D eigenvalue weighted by molar-refractivity contribution is 5.89. The van der Waals surface area contributed by atoms with Gasteiger partial charge in [-0.05, 0) is 54.7 Å². The predicted molar refractivity (Wildman–Crippen MR) is 91.3 cm³/mol. The maximum atomic E-state index is 11.8. The lowest BCUT2D eigenvalue weighted by Crippen LogP contribution is -2.14. The van der Waals surface area contributed by atoms with Crippen molar-refractivity contribution in [2.75, 3.05) is 20.3 Å². The van der Waals surface area contributed by atoms with Crippen molar-refractivity contribution in [2.45, 2.75) is 25.4 Å². The molecule has 1 unspecified atom stereocenters. The number of fused-ring (bicyclic) bond motifs is 1. The van der Waals surface area contributed by atoms with Gasteiger partial charge in [0.15, 0.2) is 0 Å². The van der Waals surface area contributed by atoms with E-state index in [9.17, 15) is 4.79 Å². The average molecular weight is 326 g/mol. The number of rotatable bonds is 6. The Kier molecular flexibility index (Phi) is 5.49. The third kappa shape index (κ3) is 3.95. The van der Waals surface area contributed by atoms with E-state index < -0.39 is 0 Å². The molecule has 24 heavy (non-hydrogen) atoms. The second-order valence-electron chi connectivity index (χ2n) is 5.83. The van der Waals surface area contributed by atoms with Crippen LogP contribution in [0.2, 0.25) is 0 Å². The summed E-state index contributed by atoms with van der Waals surface area (Å²) in [5, 5.41) is 0. The third-order valence-corrected chi connectivity index (χ3v) is 4.26. The van der Waals surface area contributed by atoms with Crippen molar-refractivity contribution in [3.63, 3.8) is 0 Å². The summed E-state index contributed by atoms with van der Waals surface area (Å²) >= 11 is 0. The molecule has 0 saturated heterocycles. The van der Waals surface area contributed by atoms with Gasteiger partial charge in [-0.2, -0.15) is 0 Å². The molecule has 0 heterocycles. The molecule has 0 saturated carbocycles. The molecule has 0 fully saturated rings. The molecule has 1 aliphatic rings. The van der Waals surface area contributed by atoms with Gasteiger partial charge < -0.3 is 14.2 Å². The highest BCUT2D eigenvalue weighted by Gasteiger charge is 2.20. The van der Waals surface area contributed by atoms with Crippen LogP contribution in [0.15, 0.2) is 48.5 Å². The third-order valence-electron chi connectivity index (χ3n) is 4.26. The number of benzene rings is 2. The number of aryl methyl sites for hydroxylation is 1. The first-order chi connectivity index (χ1) is 11.8. The maximum Gasteiger partial charge on any atom is 0.338 e. The number of methoxy groups -OCH3 is 1. The molecule has 2 aromatic rings. The van der Waals surface area contributed by atoms with Crippen LogP contribution < -0.4 is 4.74 Å². The van der Waals surface area contributed by atoms with Crippen LogP contribution >= 0.6 is 0 Å². The zero-order chi connectivity index (χ0) is 16.8. The molecule has 0 bridgehead atoms. The molecule has 3 rings (SSSR count). The lowest BCUT2D eigenvalue weighted by atomic mass is 9.89. The first kappa shape index (κ1) is 16.5. The minimum Gasteiger partial charge on any atom is -0.490 e. The topological polar surface area (TPSA) is 44.8 Å². The number of hydrogen-bond donors (Lipinski definition) is 0. The quantitative estimate of drug-likeness (QED) is 0.596. The van der Waals surface area contributed by atoms with Gasteiger partial charge in [-0.25, -0.2) is 4.79 Å². The fraction of sp³-hybridized carbons (Fsp3) is 0.350. The Labute approximate surface area is 142 Å². The summed E-state index contributed by atoms with van der Waals surface area (Å²) in [5.41, 5.74) is 3.09. The van der Waals surface area contributed by atoms with Crippen LogP contribution in [0.25, 0.3) is 0 Å². The fourth-order valence-corrected chi connectivity index (χ4v) is 3.02. The molecule has 0 spiro atoms. The summed E-state index contributed by atoms with van der Waals surface area (Å²) < 4.78 is 16.5. The summed E-state index contributed by atoms with van der Waals surface area (Å²) in [4.78, 5) is 11.8. The van der Waals surface area contributed by atoms with Crippen LogP contribution in [0.3, 0.4) is 0 Å². The van der Waals surface area contributed by atoms with Crippen molar-refractivity contribution in [2.24, 2.45) is 0 Å². The van der Waals surface area contributed by atoms with Gasteiger partial charge in [0.25, 0.3) is 0 Å². The van der Waals surface area contributed by atoms with Crippen LogP contribution in [-0.4, -0.2) is 26.3 Å². The van der Waals surface area contributed by atoms with Gasteiger partial charge in [-0.1, -0.05) is 24.3 Å². The van der Waals surface area contributed by atoms with E-state index in [-0.39, 0.29) is 18.7 Å². The van der Waals surface area contributed by atoms with Gasteiger partial charge in [0.05, 0.1) is 11.7 Å². The first-order valence-electron chi connectivity index (χ1n) is 8.28. The molecule has 126 valence electrons. The minimum atomic E-state index is -0.330. The normalized spacial score (nSPS) is 16.3. The van der Waals surface area contributed by atoms with Gasteiger partial charge in [-0.15, -0.1) is 0 Å². The summed E-state index contributed by atoms with van der Waals surface area (Å²) in [6.07, 6.45) is 3.43. The standard InChI is InChI=1S/C20H22O4/c1-22-19-9-5-8-15-10-11-17(14-18(15)19)23-12-13-24-20(21)16-6-3-2-4-7-16/h2-4,6-7,10-11,14,19H,5,8-9,12-13H2,1H3. The Bertz CT molecular complexity index is 681. The molecule has 0 amide bonds. The Morgan fingerprint density at radius 2 is 1.96 bits per heavy atom. The maximum absolute atomic E-state index is 11.8. The molecule has 1 atom stereocenters. The summed E-state index contributed by atoms with van der Waals surface area (Å²) in [6, 6.07) is 15.1. The Hall–Kier alpha value is -2.33. The Balaban J connectivity index is 1.51. The lowest BCUT2D eigenvalue weighted by molar-refractivity contribution is 0.0450. The summed E-state index contributed by atoms with van der Waals surface area (Å²) in [5.74, 6) is 0.456. The van der Waals surface area contributed by atoms with Crippen LogP contribution in [0.4, 0.5) is 0 Å². The molecule has 0 radical (unpaired) electrons. The molecule has 0 aromatic heterocycles. The van der Waals surface area contributed by atoms with Crippen molar-refractivity contribution in [1.82, 2.24) is 0 Å². The molecule has 0 N–H and O–H groups in total. The van der Waals surface area contributed by atoms with E-state index in [1.54, 1.807) is 19.2 Å². The van der Waals surface area contributed by atoms with E-state index in [0.717, 1.165) is 25.0 Å². The minimum absolute atomic E-state index is 0.146. The van der Waals surface area contributed by atoms with Crippen molar-refractivity contribution >= 4 is 5.97 Å². The van der Waals surface area contributed by atoms with Crippen LogP contribution in [0.5, 0.6) is 5.75 Å². The van der Waals surface area contributed by atoms with E-state index in [2.05, 4.69) is 6.07 Å². The number of carbonyl (C=O) groups is 1. The van der Waals surface area contributed by atoms with E-state index in [1.165, 1.54) is 11.1 Å². The van der Waals surface area contributed by atoms with E-state index in [4.69, 9.17) is 14.2 Å². The highest BCUT2D eigenvalue weighted by Crippen LogP contribution is 2.34. The number of carbonyl (C=O) groups excluding carboxylic acids is 1. The van der Waals surface area contributed by atoms with Gasteiger partial charge in [0, 0.05) is 7.11 Å². The van der Waals surface area contributed by atoms with Crippen LogP contribution in [0.1, 0.15) is 40.4 Å². The largest absolute Gasteiger partial charge is 0.490 e. The van der Waals surface area contributed by atoms with E-state index in [1.807, 2.05) is 30.3 Å². The molecular weight excluding hydrogens is 304 g/mol. The molecule has 0 aliphatic heterocycles. The fourth-order valence-electron chi connectivity index (χ4n) is 3.02. The number of ether oxygens (including phenoxy) is 3.